The molecule has 1 saturated carbocycles. The minimum Gasteiger partial charge on any atom is -0.355 e. The zero-order valence-corrected chi connectivity index (χ0v) is 18.3. The third-order valence-corrected chi connectivity index (χ3v) is 7.15. The summed E-state index contributed by atoms with van der Waals surface area (Å²) in [6, 6.07) is 10.8. The van der Waals surface area contributed by atoms with E-state index in [1.54, 1.807) is 7.05 Å². The Labute approximate surface area is 175 Å². The molecule has 1 aliphatic carbocycles. The lowest BCUT2D eigenvalue weighted by molar-refractivity contribution is 0.192. The number of nitrogens with zero attached hydrogens (tertiary/aromatic N) is 2. The summed E-state index contributed by atoms with van der Waals surface area (Å²) >= 11 is 0. The molecular weight excluding hydrogens is 386 g/mol. The highest BCUT2D eigenvalue weighted by Crippen LogP contribution is 2.25. The maximum Gasteiger partial charge on any atom is 0.213 e. The highest BCUT2D eigenvalue weighted by molar-refractivity contribution is 7.89. The number of likely N-dealkylation sites (tertiary alicyclic amines) is 1. The molecule has 1 saturated heterocycles. The van der Waals surface area contributed by atoms with E-state index in [0.717, 1.165) is 45.3 Å². The van der Waals surface area contributed by atoms with E-state index >= 15 is 0 Å². The van der Waals surface area contributed by atoms with Gasteiger partial charge in [0.15, 0.2) is 5.96 Å². The van der Waals surface area contributed by atoms with Gasteiger partial charge in [0.2, 0.25) is 10.0 Å². The number of sulfonamides is 1. The van der Waals surface area contributed by atoms with Crippen LogP contribution in [0.15, 0.2) is 35.3 Å². The Kier molecular flexibility index (Phi) is 8.32. The summed E-state index contributed by atoms with van der Waals surface area (Å²) in [4.78, 5) is 6.72. The maximum absolute atomic E-state index is 12.1. The molecule has 0 radical (unpaired) electrons. The van der Waals surface area contributed by atoms with Crippen LogP contribution in [-0.2, 0) is 16.6 Å². The minimum absolute atomic E-state index is 0.0607. The fourth-order valence-corrected chi connectivity index (χ4v) is 4.87. The van der Waals surface area contributed by atoms with Gasteiger partial charge in [-0.1, -0.05) is 36.8 Å². The van der Waals surface area contributed by atoms with E-state index in [2.05, 4.69) is 49.5 Å². The van der Waals surface area contributed by atoms with Gasteiger partial charge in [-0.2, -0.15) is 0 Å². The van der Waals surface area contributed by atoms with Crippen LogP contribution in [0.1, 0.15) is 37.7 Å². The lowest BCUT2D eigenvalue weighted by Crippen LogP contribution is -2.51. The Balaban J connectivity index is 1.38. The molecule has 8 heteroatoms. The molecule has 7 nitrogen and oxygen atoms in total. The Bertz CT molecular complexity index is 750. The maximum atomic E-state index is 12.1. The van der Waals surface area contributed by atoms with E-state index in [-0.39, 0.29) is 5.75 Å². The molecule has 0 spiro atoms. The number of aliphatic imine (C=N–C) groups is 1. The van der Waals surface area contributed by atoms with Crippen molar-refractivity contribution in [3.05, 3.63) is 35.9 Å². The normalized spacial score (nSPS) is 21.6. The first-order valence-corrected chi connectivity index (χ1v) is 12.4. The SMILES string of the molecule is CN=C(NCCS(=O)(=O)NCC1CCC1)NC1CCCN(Cc2ccccc2)C1. The Morgan fingerprint density at radius 1 is 1.17 bits per heavy atom. The van der Waals surface area contributed by atoms with Crippen LogP contribution in [0.5, 0.6) is 0 Å². The molecule has 3 rings (SSSR count). The summed E-state index contributed by atoms with van der Waals surface area (Å²) in [5.74, 6) is 1.26. The number of hydrogen-bond acceptors (Lipinski definition) is 4. The summed E-state index contributed by atoms with van der Waals surface area (Å²) in [7, 11) is -1.51. The average Bonchev–Trinajstić information content (AvgIpc) is 2.67. The van der Waals surface area contributed by atoms with Crippen LogP contribution in [0.2, 0.25) is 0 Å². The van der Waals surface area contributed by atoms with Crippen molar-refractivity contribution in [2.75, 3.05) is 39.0 Å². The number of nitrogens with one attached hydrogen (secondary N) is 3. The Morgan fingerprint density at radius 3 is 2.66 bits per heavy atom. The van der Waals surface area contributed by atoms with E-state index in [4.69, 9.17) is 0 Å². The molecule has 0 bridgehead atoms. The first kappa shape index (κ1) is 22.1. The molecule has 0 aromatic heterocycles. The summed E-state index contributed by atoms with van der Waals surface area (Å²) in [6.07, 6.45) is 5.73. The van der Waals surface area contributed by atoms with Crippen molar-refractivity contribution in [3.63, 3.8) is 0 Å². The quantitative estimate of drug-likeness (QED) is 0.416. The van der Waals surface area contributed by atoms with Crippen LogP contribution < -0.4 is 15.4 Å². The number of rotatable bonds is 9. The van der Waals surface area contributed by atoms with Crippen LogP contribution in [0, 0.1) is 5.92 Å². The fourth-order valence-electron chi connectivity index (χ4n) is 3.86. The molecular formula is C21H35N5O2S. The molecule has 1 aromatic carbocycles. The van der Waals surface area contributed by atoms with Crippen LogP contribution in [0.25, 0.3) is 0 Å². The van der Waals surface area contributed by atoms with Gasteiger partial charge in [-0.25, -0.2) is 13.1 Å². The van der Waals surface area contributed by atoms with Gasteiger partial charge in [-0.3, -0.25) is 9.89 Å². The molecule has 2 aliphatic rings. The number of hydrogen-bond donors (Lipinski definition) is 3. The second kappa shape index (κ2) is 10.9. The topological polar surface area (TPSA) is 85.8 Å². The zero-order valence-electron chi connectivity index (χ0n) is 17.4. The second-order valence-corrected chi connectivity index (χ2v) is 10.1. The van der Waals surface area contributed by atoms with Gasteiger partial charge < -0.3 is 10.6 Å². The molecule has 1 aromatic rings. The largest absolute Gasteiger partial charge is 0.355 e. The Morgan fingerprint density at radius 2 is 1.97 bits per heavy atom. The van der Waals surface area contributed by atoms with Gasteiger partial charge in [0, 0.05) is 39.3 Å². The van der Waals surface area contributed by atoms with Gasteiger partial charge in [0.1, 0.15) is 0 Å². The Hall–Kier alpha value is -1.64. The van der Waals surface area contributed by atoms with Crippen molar-refractivity contribution in [2.45, 2.75) is 44.7 Å². The van der Waals surface area contributed by atoms with E-state index in [0.29, 0.717) is 31.0 Å². The van der Waals surface area contributed by atoms with Crippen LogP contribution in [0.3, 0.4) is 0 Å². The van der Waals surface area contributed by atoms with E-state index in [1.165, 1.54) is 12.0 Å². The van der Waals surface area contributed by atoms with Crippen LogP contribution >= 0.6 is 0 Å². The van der Waals surface area contributed by atoms with Crippen molar-refractivity contribution in [1.82, 2.24) is 20.3 Å². The highest BCUT2D eigenvalue weighted by atomic mass is 32.2. The van der Waals surface area contributed by atoms with E-state index in [9.17, 15) is 8.42 Å². The molecule has 1 unspecified atom stereocenters. The molecule has 2 fully saturated rings. The van der Waals surface area contributed by atoms with Crippen molar-refractivity contribution in [1.29, 1.82) is 0 Å². The van der Waals surface area contributed by atoms with Crippen molar-refractivity contribution in [2.24, 2.45) is 10.9 Å². The van der Waals surface area contributed by atoms with Gasteiger partial charge in [-0.15, -0.1) is 0 Å². The highest BCUT2D eigenvalue weighted by Gasteiger charge is 2.22. The van der Waals surface area contributed by atoms with Crippen LogP contribution in [-0.4, -0.2) is 64.3 Å². The van der Waals surface area contributed by atoms with Crippen molar-refractivity contribution < 1.29 is 8.42 Å². The molecule has 162 valence electrons. The fraction of sp³-hybridized carbons (Fsp3) is 0.667. The average molecular weight is 422 g/mol. The molecule has 1 aliphatic heterocycles. The second-order valence-electron chi connectivity index (χ2n) is 8.17. The number of benzene rings is 1. The monoisotopic (exact) mass is 421 g/mol. The predicted octanol–water partition coefficient (Wildman–Crippen LogP) is 1.54. The third kappa shape index (κ3) is 7.60. The van der Waals surface area contributed by atoms with Crippen molar-refractivity contribution >= 4 is 16.0 Å². The summed E-state index contributed by atoms with van der Waals surface area (Å²) in [5, 5.41) is 6.61. The molecule has 3 N–H and O–H groups in total. The smallest absolute Gasteiger partial charge is 0.213 e. The van der Waals surface area contributed by atoms with Gasteiger partial charge >= 0.3 is 0 Å². The van der Waals surface area contributed by atoms with Crippen molar-refractivity contribution in [3.8, 4) is 0 Å². The standard InChI is InChI=1S/C21H35N5O2S/c1-22-21(23-12-14-29(27,28)24-15-18-9-5-10-18)25-20-11-6-13-26(17-20)16-19-7-3-2-4-8-19/h2-4,7-8,18,20,24H,5-6,9-17H2,1H3,(H2,22,23,25). The van der Waals surface area contributed by atoms with Crippen LogP contribution in [0.4, 0.5) is 0 Å². The van der Waals surface area contributed by atoms with Gasteiger partial charge in [0.05, 0.1) is 5.75 Å². The first-order chi connectivity index (χ1) is 14.0. The third-order valence-electron chi connectivity index (χ3n) is 5.80. The predicted molar refractivity (Wildman–Crippen MR) is 118 cm³/mol. The molecule has 0 amide bonds. The molecule has 1 heterocycles. The zero-order chi connectivity index (χ0) is 20.5. The minimum atomic E-state index is -3.24. The number of piperidine rings is 1. The lowest BCUT2D eigenvalue weighted by atomic mass is 9.86. The molecule has 1 atom stereocenters. The van der Waals surface area contributed by atoms with E-state index in [1.807, 2.05) is 6.07 Å². The van der Waals surface area contributed by atoms with Gasteiger partial charge in [-0.05, 0) is 43.7 Å². The summed E-state index contributed by atoms with van der Waals surface area (Å²) in [6.45, 7) is 3.94. The molecule has 29 heavy (non-hydrogen) atoms. The number of guanidine groups is 1. The lowest BCUT2D eigenvalue weighted by Gasteiger charge is -2.34. The summed E-state index contributed by atoms with van der Waals surface area (Å²) in [5.41, 5.74) is 1.33. The first-order valence-electron chi connectivity index (χ1n) is 10.7. The van der Waals surface area contributed by atoms with Gasteiger partial charge in [0.25, 0.3) is 0 Å². The van der Waals surface area contributed by atoms with E-state index < -0.39 is 10.0 Å². The summed E-state index contributed by atoms with van der Waals surface area (Å²) < 4.78 is 27.0.